The average molecular weight is 331 g/mol. The minimum atomic E-state index is -0.669. The quantitative estimate of drug-likeness (QED) is 0.846. The summed E-state index contributed by atoms with van der Waals surface area (Å²) in [6.45, 7) is 8.21. The first-order chi connectivity index (χ1) is 10.9. The molecule has 2 amide bonds. The molecule has 0 aliphatic rings. The molecule has 6 heteroatoms. The number of nitrogens with zero attached hydrogens (tertiary/aromatic N) is 1. The first kappa shape index (κ1) is 17.1. The zero-order valence-corrected chi connectivity index (χ0v) is 14.6. The van der Waals surface area contributed by atoms with E-state index in [-0.39, 0.29) is 6.54 Å². The van der Waals surface area contributed by atoms with Gasteiger partial charge in [-0.1, -0.05) is 26.0 Å². The van der Waals surface area contributed by atoms with Crippen LogP contribution in [0.25, 0.3) is 0 Å². The van der Waals surface area contributed by atoms with Crippen LogP contribution in [-0.2, 0) is 16.1 Å². The van der Waals surface area contributed by atoms with Crippen molar-refractivity contribution in [2.75, 3.05) is 5.32 Å². The van der Waals surface area contributed by atoms with E-state index < -0.39 is 11.8 Å². The summed E-state index contributed by atoms with van der Waals surface area (Å²) in [6.07, 6.45) is 0. The molecule has 0 fully saturated rings. The van der Waals surface area contributed by atoms with Gasteiger partial charge in [-0.25, -0.2) is 4.98 Å². The van der Waals surface area contributed by atoms with Crippen molar-refractivity contribution in [3.05, 3.63) is 45.4 Å². The largest absolute Gasteiger partial charge is 0.342 e. The maximum absolute atomic E-state index is 12.0. The molecule has 0 radical (unpaired) electrons. The van der Waals surface area contributed by atoms with E-state index in [2.05, 4.69) is 29.5 Å². The van der Waals surface area contributed by atoms with Gasteiger partial charge in [-0.15, -0.1) is 11.3 Å². The summed E-state index contributed by atoms with van der Waals surface area (Å²) in [5.41, 5.74) is 3.36. The smallest absolute Gasteiger partial charge is 0.313 e. The second kappa shape index (κ2) is 7.37. The van der Waals surface area contributed by atoms with Crippen molar-refractivity contribution in [3.63, 3.8) is 0 Å². The third kappa shape index (κ3) is 4.63. The predicted molar refractivity (Wildman–Crippen MR) is 92.6 cm³/mol. The van der Waals surface area contributed by atoms with E-state index in [0.717, 1.165) is 21.8 Å². The van der Waals surface area contributed by atoms with Crippen LogP contribution in [0.1, 0.15) is 41.6 Å². The van der Waals surface area contributed by atoms with E-state index in [1.165, 1.54) is 0 Å². The van der Waals surface area contributed by atoms with Crippen molar-refractivity contribution in [2.45, 2.75) is 40.2 Å². The molecular weight excluding hydrogens is 310 g/mol. The minimum Gasteiger partial charge on any atom is -0.342 e. The van der Waals surface area contributed by atoms with Gasteiger partial charge in [0, 0.05) is 17.0 Å². The Labute approximate surface area is 140 Å². The van der Waals surface area contributed by atoms with Gasteiger partial charge in [0.15, 0.2) is 0 Å². The number of aromatic nitrogens is 1. The lowest BCUT2D eigenvalue weighted by Gasteiger charge is -2.09. The van der Waals surface area contributed by atoms with Crippen molar-refractivity contribution in [3.8, 4) is 0 Å². The maximum Gasteiger partial charge on any atom is 0.313 e. The van der Waals surface area contributed by atoms with Crippen molar-refractivity contribution >= 4 is 28.8 Å². The van der Waals surface area contributed by atoms with Crippen LogP contribution in [0.2, 0.25) is 0 Å². The summed E-state index contributed by atoms with van der Waals surface area (Å²) in [4.78, 5) is 28.3. The standard InChI is InChI=1S/C17H21N3O2S/c1-10(2)17-19-13(9-23-17)8-18-15(21)16(22)20-14-7-11(3)5-6-12(14)4/h5-7,9-10H,8H2,1-4H3,(H,18,21)(H,20,22). The van der Waals surface area contributed by atoms with Crippen LogP contribution < -0.4 is 10.6 Å². The van der Waals surface area contributed by atoms with Gasteiger partial charge < -0.3 is 10.6 Å². The van der Waals surface area contributed by atoms with Crippen molar-refractivity contribution in [2.24, 2.45) is 0 Å². The Morgan fingerprint density at radius 3 is 2.61 bits per heavy atom. The fourth-order valence-electron chi connectivity index (χ4n) is 1.97. The highest BCUT2D eigenvalue weighted by Crippen LogP contribution is 2.19. The highest BCUT2D eigenvalue weighted by molar-refractivity contribution is 7.09. The number of carbonyl (C=O) groups excluding carboxylic acids is 2. The SMILES string of the molecule is Cc1ccc(C)c(NC(=O)C(=O)NCc2csc(C(C)C)n2)c1. The van der Waals surface area contributed by atoms with E-state index in [4.69, 9.17) is 0 Å². The summed E-state index contributed by atoms with van der Waals surface area (Å²) < 4.78 is 0. The van der Waals surface area contributed by atoms with Gasteiger partial charge in [0.2, 0.25) is 0 Å². The van der Waals surface area contributed by atoms with Gasteiger partial charge in [-0.05, 0) is 31.0 Å². The zero-order chi connectivity index (χ0) is 17.0. The molecular formula is C17H21N3O2S. The van der Waals surface area contributed by atoms with Gasteiger partial charge in [0.05, 0.1) is 17.2 Å². The first-order valence-electron chi connectivity index (χ1n) is 7.47. The number of rotatable bonds is 4. The highest BCUT2D eigenvalue weighted by Gasteiger charge is 2.15. The lowest BCUT2D eigenvalue weighted by molar-refractivity contribution is -0.136. The molecule has 0 atom stereocenters. The fourth-order valence-corrected chi connectivity index (χ4v) is 2.80. The van der Waals surface area contributed by atoms with Crippen LogP contribution in [0.5, 0.6) is 0 Å². The Kier molecular flexibility index (Phi) is 5.50. The molecule has 0 bridgehead atoms. The number of hydrogen-bond acceptors (Lipinski definition) is 4. The molecule has 1 aromatic carbocycles. The Morgan fingerprint density at radius 1 is 1.22 bits per heavy atom. The van der Waals surface area contributed by atoms with Crippen LogP contribution in [0, 0.1) is 13.8 Å². The maximum atomic E-state index is 12.0. The van der Waals surface area contributed by atoms with Gasteiger partial charge in [0.25, 0.3) is 0 Å². The second-order valence-electron chi connectivity index (χ2n) is 5.79. The molecule has 0 aliphatic heterocycles. The van der Waals surface area contributed by atoms with Crippen LogP contribution in [-0.4, -0.2) is 16.8 Å². The first-order valence-corrected chi connectivity index (χ1v) is 8.35. The molecule has 2 rings (SSSR count). The average Bonchev–Trinajstić information content (AvgIpc) is 2.97. The molecule has 5 nitrogen and oxygen atoms in total. The second-order valence-corrected chi connectivity index (χ2v) is 6.68. The fraction of sp³-hybridized carbons (Fsp3) is 0.353. The molecule has 0 saturated heterocycles. The number of anilines is 1. The summed E-state index contributed by atoms with van der Waals surface area (Å²) in [5, 5.41) is 8.16. The lowest BCUT2D eigenvalue weighted by atomic mass is 10.1. The van der Waals surface area contributed by atoms with E-state index >= 15 is 0 Å². The molecule has 0 saturated carbocycles. The molecule has 1 heterocycles. The van der Waals surface area contributed by atoms with E-state index in [0.29, 0.717) is 11.6 Å². The summed E-state index contributed by atoms with van der Waals surface area (Å²) in [6, 6.07) is 5.71. The number of nitrogens with one attached hydrogen (secondary N) is 2. The van der Waals surface area contributed by atoms with Crippen LogP contribution in [0.3, 0.4) is 0 Å². The Balaban J connectivity index is 1.92. The zero-order valence-electron chi connectivity index (χ0n) is 13.8. The number of hydrogen-bond donors (Lipinski definition) is 2. The predicted octanol–water partition coefficient (Wildman–Crippen LogP) is 3.14. The van der Waals surface area contributed by atoms with Gasteiger partial charge in [0.1, 0.15) is 0 Å². The van der Waals surface area contributed by atoms with E-state index in [1.54, 1.807) is 11.3 Å². The molecule has 0 unspecified atom stereocenters. The van der Waals surface area contributed by atoms with Gasteiger partial charge in [-0.3, -0.25) is 9.59 Å². The van der Waals surface area contributed by atoms with Crippen LogP contribution in [0.4, 0.5) is 5.69 Å². The molecule has 2 N–H and O–H groups in total. The van der Waals surface area contributed by atoms with E-state index in [1.807, 2.05) is 37.4 Å². The summed E-state index contributed by atoms with van der Waals surface area (Å²) >= 11 is 1.56. The molecule has 1 aromatic heterocycles. The van der Waals surface area contributed by atoms with Crippen LogP contribution >= 0.6 is 11.3 Å². The molecule has 122 valence electrons. The minimum absolute atomic E-state index is 0.252. The lowest BCUT2D eigenvalue weighted by Crippen LogP contribution is -2.35. The topological polar surface area (TPSA) is 71.1 Å². The normalized spacial score (nSPS) is 10.7. The summed E-state index contributed by atoms with van der Waals surface area (Å²) in [5.74, 6) is -0.972. The molecule has 2 aromatic rings. The van der Waals surface area contributed by atoms with Crippen molar-refractivity contribution in [1.82, 2.24) is 10.3 Å². The summed E-state index contributed by atoms with van der Waals surface area (Å²) in [7, 11) is 0. The van der Waals surface area contributed by atoms with E-state index in [9.17, 15) is 9.59 Å². The van der Waals surface area contributed by atoms with Crippen molar-refractivity contribution in [1.29, 1.82) is 0 Å². The Bertz CT molecular complexity index is 722. The van der Waals surface area contributed by atoms with Crippen molar-refractivity contribution < 1.29 is 9.59 Å². The highest BCUT2D eigenvalue weighted by atomic mass is 32.1. The number of amides is 2. The number of benzene rings is 1. The monoisotopic (exact) mass is 331 g/mol. The van der Waals surface area contributed by atoms with Crippen LogP contribution in [0.15, 0.2) is 23.6 Å². The number of carbonyl (C=O) groups is 2. The van der Waals surface area contributed by atoms with Gasteiger partial charge in [-0.2, -0.15) is 0 Å². The van der Waals surface area contributed by atoms with Gasteiger partial charge >= 0.3 is 11.8 Å². The molecule has 0 aliphatic carbocycles. The molecule has 0 spiro atoms. The number of thiazole rings is 1. The molecule has 23 heavy (non-hydrogen) atoms. The Hall–Kier alpha value is -2.21. The number of aryl methyl sites for hydroxylation is 2. The third-order valence-corrected chi connectivity index (χ3v) is 4.54. The Morgan fingerprint density at radius 2 is 1.96 bits per heavy atom. The third-order valence-electron chi connectivity index (χ3n) is 3.34.